The van der Waals surface area contributed by atoms with Crippen LogP contribution in [-0.4, -0.2) is 58.5 Å². The molecule has 5 rings (SSSR count). The quantitative estimate of drug-likeness (QED) is 0.404. The van der Waals surface area contributed by atoms with Gasteiger partial charge in [-0.1, -0.05) is 18.2 Å². The minimum Gasteiger partial charge on any atom is -0.445 e. The van der Waals surface area contributed by atoms with E-state index in [1.165, 1.54) is 12.3 Å². The molecule has 2 amide bonds. The Balaban J connectivity index is 1.06. The van der Waals surface area contributed by atoms with Crippen molar-refractivity contribution in [2.75, 3.05) is 19.6 Å². The first-order valence-electron chi connectivity index (χ1n) is 13.3. The van der Waals surface area contributed by atoms with Gasteiger partial charge in [-0.3, -0.25) is 14.5 Å². The number of benzene rings is 2. The molecule has 1 aromatic heterocycles. The van der Waals surface area contributed by atoms with Crippen molar-refractivity contribution in [1.82, 2.24) is 20.5 Å². The zero-order valence-corrected chi connectivity index (χ0v) is 21.8. The van der Waals surface area contributed by atoms with Gasteiger partial charge in [-0.05, 0) is 68.0 Å². The number of hydrogen-bond donors (Lipinski definition) is 3. The first kappa shape index (κ1) is 27.9. The van der Waals surface area contributed by atoms with Gasteiger partial charge in [0.05, 0.1) is 23.9 Å². The van der Waals surface area contributed by atoms with Crippen LogP contribution in [0.5, 0.6) is 0 Å². The van der Waals surface area contributed by atoms with Gasteiger partial charge in [0.1, 0.15) is 6.26 Å². The Hall–Kier alpha value is -3.70. The highest BCUT2D eigenvalue weighted by Gasteiger charge is 2.38. The predicted octanol–water partition coefficient (Wildman–Crippen LogP) is 4.11. The van der Waals surface area contributed by atoms with Crippen molar-refractivity contribution in [2.45, 2.75) is 56.0 Å². The molecule has 1 saturated carbocycles. The molecular formula is C29H31F3N4O4. The van der Waals surface area contributed by atoms with E-state index in [0.29, 0.717) is 31.3 Å². The molecule has 0 bridgehead atoms. The number of alkyl halides is 3. The maximum absolute atomic E-state index is 12.9. The van der Waals surface area contributed by atoms with Gasteiger partial charge in [0, 0.05) is 36.3 Å². The van der Waals surface area contributed by atoms with Crippen LogP contribution in [0.15, 0.2) is 65.4 Å². The summed E-state index contributed by atoms with van der Waals surface area (Å²) in [7, 11) is 0. The van der Waals surface area contributed by atoms with E-state index in [4.69, 9.17) is 4.42 Å². The van der Waals surface area contributed by atoms with Crippen molar-refractivity contribution in [3.05, 3.63) is 77.7 Å². The molecule has 1 saturated heterocycles. The van der Waals surface area contributed by atoms with Gasteiger partial charge in [0.25, 0.3) is 5.91 Å². The number of halogens is 3. The second kappa shape index (κ2) is 11.4. The molecule has 11 heteroatoms. The minimum atomic E-state index is -4.55. The van der Waals surface area contributed by atoms with Crippen molar-refractivity contribution in [2.24, 2.45) is 0 Å². The van der Waals surface area contributed by atoms with Gasteiger partial charge in [-0.15, -0.1) is 0 Å². The molecule has 1 atom stereocenters. The molecule has 0 unspecified atom stereocenters. The number of nitrogens with one attached hydrogen (secondary N) is 2. The van der Waals surface area contributed by atoms with Gasteiger partial charge in [0.2, 0.25) is 11.8 Å². The smallest absolute Gasteiger partial charge is 0.416 e. The largest absolute Gasteiger partial charge is 0.445 e. The number of likely N-dealkylation sites (tertiary alicyclic amines) is 1. The summed E-state index contributed by atoms with van der Waals surface area (Å²) in [4.78, 5) is 31.2. The Labute approximate surface area is 229 Å². The lowest BCUT2D eigenvalue weighted by atomic mass is 9.77. The van der Waals surface area contributed by atoms with Crippen LogP contribution in [-0.2, 0) is 16.6 Å². The first-order chi connectivity index (χ1) is 19.1. The van der Waals surface area contributed by atoms with Crippen molar-refractivity contribution in [3.63, 3.8) is 0 Å². The molecule has 8 nitrogen and oxygen atoms in total. The third-order valence-corrected chi connectivity index (χ3v) is 7.85. The van der Waals surface area contributed by atoms with Crippen LogP contribution in [0.25, 0.3) is 11.5 Å². The van der Waals surface area contributed by atoms with E-state index < -0.39 is 29.2 Å². The Morgan fingerprint density at radius 1 is 1.10 bits per heavy atom. The number of aliphatic hydroxyl groups is 1. The second-order valence-corrected chi connectivity index (χ2v) is 10.5. The lowest BCUT2D eigenvalue weighted by Crippen LogP contribution is -2.45. The van der Waals surface area contributed by atoms with Crippen molar-refractivity contribution < 1.29 is 32.3 Å². The molecule has 2 fully saturated rings. The molecule has 3 N–H and O–H groups in total. The van der Waals surface area contributed by atoms with Crippen molar-refractivity contribution in [3.8, 4) is 11.5 Å². The van der Waals surface area contributed by atoms with E-state index >= 15 is 0 Å². The van der Waals surface area contributed by atoms with Gasteiger partial charge in [0.15, 0.2) is 0 Å². The molecule has 40 heavy (non-hydrogen) atoms. The first-order valence-corrected chi connectivity index (χ1v) is 13.3. The third-order valence-electron chi connectivity index (χ3n) is 7.85. The highest BCUT2D eigenvalue weighted by molar-refractivity contribution is 5.96. The van der Waals surface area contributed by atoms with Crippen LogP contribution in [0.3, 0.4) is 0 Å². The number of carbonyl (C=O) groups is 2. The number of nitrogens with zero attached hydrogens (tertiary/aromatic N) is 2. The molecule has 212 valence electrons. The summed E-state index contributed by atoms with van der Waals surface area (Å²) in [5.74, 6) is -0.592. The Bertz CT molecular complexity index is 1320. The number of oxazole rings is 1. The Morgan fingerprint density at radius 3 is 2.52 bits per heavy atom. The zero-order valence-electron chi connectivity index (χ0n) is 21.8. The van der Waals surface area contributed by atoms with E-state index in [1.807, 2.05) is 24.3 Å². The highest BCUT2D eigenvalue weighted by atomic mass is 19.4. The zero-order chi connectivity index (χ0) is 28.3. The number of hydrogen-bond acceptors (Lipinski definition) is 6. The Morgan fingerprint density at radius 2 is 1.85 bits per heavy atom. The van der Waals surface area contributed by atoms with E-state index in [9.17, 15) is 27.9 Å². The van der Waals surface area contributed by atoms with Crippen LogP contribution in [0.4, 0.5) is 13.2 Å². The average Bonchev–Trinajstić information content (AvgIpc) is 3.65. The van der Waals surface area contributed by atoms with Gasteiger partial charge >= 0.3 is 6.18 Å². The Kier molecular flexibility index (Phi) is 7.95. The fourth-order valence-corrected chi connectivity index (χ4v) is 5.64. The topological polar surface area (TPSA) is 108 Å². The molecule has 0 radical (unpaired) electrons. The number of rotatable bonds is 7. The van der Waals surface area contributed by atoms with Crippen LogP contribution in [0.2, 0.25) is 0 Å². The number of aromatic nitrogens is 1. The lowest BCUT2D eigenvalue weighted by Gasteiger charge is -2.40. The van der Waals surface area contributed by atoms with Crippen LogP contribution in [0, 0.1) is 0 Å². The normalized spacial score (nSPS) is 23.6. The van der Waals surface area contributed by atoms with E-state index in [0.717, 1.165) is 55.1 Å². The summed E-state index contributed by atoms with van der Waals surface area (Å²) in [5.41, 5.74) is -0.238. The minimum absolute atomic E-state index is 0.0819. The summed E-state index contributed by atoms with van der Waals surface area (Å²) < 4.78 is 44.0. The van der Waals surface area contributed by atoms with Crippen LogP contribution >= 0.6 is 0 Å². The maximum atomic E-state index is 12.9. The summed E-state index contributed by atoms with van der Waals surface area (Å²) in [6.45, 7) is 1.16. The van der Waals surface area contributed by atoms with Gasteiger partial charge in [-0.25, -0.2) is 4.98 Å². The molecule has 2 aromatic carbocycles. The van der Waals surface area contributed by atoms with E-state index in [-0.39, 0.29) is 18.2 Å². The fourth-order valence-electron chi connectivity index (χ4n) is 5.64. The highest BCUT2D eigenvalue weighted by Crippen LogP contribution is 2.40. The lowest BCUT2D eigenvalue weighted by molar-refractivity contribution is -0.137. The standard InChI is InChI=1S/C29H31F3N4O4/c30-29(31,32)22-3-1-2-20(16-22)26(38)34-17-25(37)35-23-10-14-36(18-23)24-8-11-28(39,12-9-24)21-6-4-19(5-7-21)27-33-13-15-40-27/h1-7,13,15-16,23-24,39H,8-12,14,17-18H2,(H,34,38)(H,35,37)/t23-,24?,28?/m1/s1. The maximum Gasteiger partial charge on any atom is 0.416 e. The molecular weight excluding hydrogens is 525 g/mol. The van der Waals surface area contributed by atoms with Crippen LogP contribution in [0.1, 0.15) is 53.6 Å². The van der Waals surface area contributed by atoms with Crippen molar-refractivity contribution >= 4 is 11.8 Å². The van der Waals surface area contributed by atoms with Gasteiger partial charge < -0.3 is 20.2 Å². The molecule has 2 aliphatic rings. The number of amides is 2. The van der Waals surface area contributed by atoms with E-state index in [2.05, 4.69) is 20.5 Å². The molecule has 2 heterocycles. The number of carbonyl (C=O) groups excluding carboxylic acids is 2. The predicted molar refractivity (Wildman–Crippen MR) is 140 cm³/mol. The molecule has 1 aliphatic heterocycles. The SMILES string of the molecule is O=C(CNC(=O)c1cccc(C(F)(F)F)c1)N[C@@H]1CCN(C2CCC(O)(c3ccc(-c4ncco4)cc3)CC2)C1. The summed E-state index contributed by atoms with van der Waals surface area (Å²) >= 11 is 0. The summed E-state index contributed by atoms with van der Waals surface area (Å²) in [6, 6.07) is 12.0. The molecule has 1 aliphatic carbocycles. The second-order valence-electron chi connectivity index (χ2n) is 10.5. The monoisotopic (exact) mass is 556 g/mol. The average molecular weight is 557 g/mol. The summed E-state index contributed by atoms with van der Waals surface area (Å²) in [5, 5.41) is 16.6. The molecule has 0 spiro atoms. The van der Waals surface area contributed by atoms with Crippen molar-refractivity contribution in [1.29, 1.82) is 0 Å². The van der Waals surface area contributed by atoms with Gasteiger partial charge in [-0.2, -0.15) is 13.2 Å². The van der Waals surface area contributed by atoms with E-state index in [1.54, 1.807) is 6.20 Å². The van der Waals surface area contributed by atoms with Crippen LogP contribution < -0.4 is 10.6 Å². The molecule has 3 aromatic rings. The third kappa shape index (κ3) is 6.37. The fraction of sp³-hybridized carbons (Fsp3) is 0.414. The summed E-state index contributed by atoms with van der Waals surface area (Å²) in [6.07, 6.45) is 2.23.